The maximum Gasteiger partial charge on any atom is 0.336 e. The molecule has 0 radical (unpaired) electrons. The van der Waals surface area contributed by atoms with Crippen LogP contribution in [0.25, 0.3) is 0 Å². The molecule has 0 fully saturated rings. The summed E-state index contributed by atoms with van der Waals surface area (Å²) in [6.45, 7) is 1.15. The Kier molecular flexibility index (Phi) is 5.12. The third kappa shape index (κ3) is 4.42. The molecule has 0 saturated heterocycles. The van der Waals surface area contributed by atoms with Crippen molar-refractivity contribution >= 4 is 11.9 Å². The van der Waals surface area contributed by atoms with Crippen LogP contribution in [0.1, 0.15) is 5.76 Å². The SMILES string of the molecule is COC(=O)C(O)CNC(=O)COc1cc(C)on1. The molecule has 18 heavy (non-hydrogen) atoms. The number of hydrogen-bond acceptors (Lipinski definition) is 7. The van der Waals surface area contributed by atoms with Crippen LogP contribution in [-0.4, -0.2) is 48.5 Å². The predicted octanol–water partition coefficient (Wildman–Crippen LogP) is -0.988. The van der Waals surface area contributed by atoms with E-state index in [0.717, 1.165) is 7.11 Å². The highest BCUT2D eigenvalue weighted by Gasteiger charge is 2.16. The van der Waals surface area contributed by atoms with E-state index in [9.17, 15) is 14.7 Å². The van der Waals surface area contributed by atoms with Gasteiger partial charge in [-0.1, -0.05) is 0 Å². The minimum Gasteiger partial charge on any atom is -0.467 e. The number of nitrogens with one attached hydrogen (secondary N) is 1. The molecule has 0 spiro atoms. The summed E-state index contributed by atoms with van der Waals surface area (Å²) >= 11 is 0. The number of aliphatic hydroxyl groups excluding tert-OH is 1. The lowest BCUT2D eigenvalue weighted by Crippen LogP contribution is -2.39. The van der Waals surface area contributed by atoms with Crippen LogP contribution < -0.4 is 10.1 Å². The van der Waals surface area contributed by atoms with Gasteiger partial charge in [-0.25, -0.2) is 4.79 Å². The average Bonchev–Trinajstić information content (AvgIpc) is 2.78. The molecule has 1 heterocycles. The maximum absolute atomic E-state index is 11.3. The molecule has 1 rings (SSSR count). The summed E-state index contributed by atoms with van der Waals surface area (Å²) in [7, 11) is 1.14. The minimum absolute atomic E-state index is 0.191. The van der Waals surface area contributed by atoms with E-state index < -0.39 is 18.0 Å². The van der Waals surface area contributed by atoms with Gasteiger partial charge in [0.1, 0.15) is 5.76 Å². The van der Waals surface area contributed by atoms with E-state index in [0.29, 0.717) is 5.76 Å². The fourth-order valence-corrected chi connectivity index (χ4v) is 1.03. The number of carbonyl (C=O) groups excluding carboxylic acids is 2. The Bertz CT molecular complexity index is 416. The number of carbonyl (C=O) groups is 2. The highest BCUT2D eigenvalue weighted by Crippen LogP contribution is 2.09. The zero-order valence-corrected chi connectivity index (χ0v) is 10.0. The molecule has 1 unspecified atom stereocenters. The quantitative estimate of drug-likeness (QED) is 0.630. The number of ether oxygens (including phenoxy) is 2. The van der Waals surface area contributed by atoms with Gasteiger partial charge in [-0.3, -0.25) is 4.79 Å². The van der Waals surface area contributed by atoms with Crippen molar-refractivity contribution in [2.24, 2.45) is 0 Å². The lowest BCUT2D eigenvalue weighted by atomic mass is 10.3. The Hall–Kier alpha value is -2.09. The Labute approximate surface area is 103 Å². The second-order valence-corrected chi connectivity index (χ2v) is 3.41. The molecule has 1 atom stereocenters. The molecule has 0 aromatic carbocycles. The first-order valence-electron chi connectivity index (χ1n) is 5.11. The van der Waals surface area contributed by atoms with Crippen molar-refractivity contribution in [1.29, 1.82) is 0 Å². The summed E-state index contributed by atoms with van der Waals surface area (Å²) in [5, 5.41) is 15.0. The summed E-state index contributed by atoms with van der Waals surface area (Å²) < 4.78 is 14.0. The first-order valence-corrected chi connectivity index (χ1v) is 5.11. The molecule has 1 amide bonds. The van der Waals surface area contributed by atoms with Crippen LogP contribution in [0.3, 0.4) is 0 Å². The second kappa shape index (κ2) is 6.60. The number of nitrogens with zero attached hydrogens (tertiary/aromatic N) is 1. The number of hydrogen-bond donors (Lipinski definition) is 2. The van der Waals surface area contributed by atoms with Gasteiger partial charge in [-0.05, 0) is 12.1 Å². The molecule has 0 bridgehead atoms. The van der Waals surface area contributed by atoms with Gasteiger partial charge < -0.3 is 24.4 Å². The Balaban J connectivity index is 2.24. The van der Waals surface area contributed by atoms with Gasteiger partial charge in [-0.2, -0.15) is 0 Å². The lowest BCUT2D eigenvalue weighted by Gasteiger charge is -2.09. The molecular weight excluding hydrogens is 244 g/mol. The Morgan fingerprint density at radius 3 is 2.89 bits per heavy atom. The fraction of sp³-hybridized carbons (Fsp3) is 0.500. The average molecular weight is 258 g/mol. The number of aliphatic hydroxyl groups is 1. The first-order chi connectivity index (χ1) is 8.52. The summed E-state index contributed by atoms with van der Waals surface area (Å²) in [5.74, 6) is -0.565. The van der Waals surface area contributed by atoms with Crippen LogP contribution in [0, 0.1) is 6.92 Å². The smallest absolute Gasteiger partial charge is 0.336 e. The number of rotatable bonds is 6. The van der Waals surface area contributed by atoms with Crippen molar-refractivity contribution in [3.63, 3.8) is 0 Å². The zero-order valence-electron chi connectivity index (χ0n) is 10.0. The van der Waals surface area contributed by atoms with E-state index in [1.54, 1.807) is 6.92 Å². The maximum atomic E-state index is 11.3. The van der Waals surface area contributed by atoms with Gasteiger partial charge in [-0.15, -0.1) is 0 Å². The lowest BCUT2D eigenvalue weighted by molar-refractivity contribution is -0.150. The molecule has 8 heteroatoms. The normalized spacial score (nSPS) is 11.7. The van der Waals surface area contributed by atoms with Gasteiger partial charge in [0, 0.05) is 6.07 Å². The van der Waals surface area contributed by atoms with Crippen LogP contribution in [0.2, 0.25) is 0 Å². The first kappa shape index (κ1) is 14.0. The standard InChI is InChI=1S/C10H14N2O6/c1-6-3-9(12-18-6)17-5-8(14)11-4-7(13)10(15)16-2/h3,7,13H,4-5H2,1-2H3,(H,11,14). The molecule has 1 aromatic rings. The number of esters is 1. The van der Waals surface area contributed by atoms with Crippen molar-refractivity contribution in [3.8, 4) is 5.88 Å². The molecule has 100 valence electrons. The highest BCUT2D eigenvalue weighted by atomic mass is 16.5. The van der Waals surface area contributed by atoms with Crippen LogP contribution >= 0.6 is 0 Å². The van der Waals surface area contributed by atoms with E-state index in [1.165, 1.54) is 6.07 Å². The molecule has 1 aromatic heterocycles. The van der Waals surface area contributed by atoms with Crippen molar-refractivity contribution in [2.45, 2.75) is 13.0 Å². The van der Waals surface area contributed by atoms with Crippen LogP contribution in [-0.2, 0) is 14.3 Å². The molecule has 0 aliphatic heterocycles. The fourth-order valence-electron chi connectivity index (χ4n) is 1.03. The molecular formula is C10H14N2O6. The Morgan fingerprint density at radius 2 is 2.33 bits per heavy atom. The summed E-state index contributed by atoms with van der Waals surface area (Å²) in [6, 6.07) is 1.52. The van der Waals surface area contributed by atoms with E-state index in [4.69, 9.17) is 9.26 Å². The molecule has 0 aliphatic carbocycles. The highest BCUT2D eigenvalue weighted by molar-refractivity contribution is 5.79. The number of amides is 1. The number of aryl methyl sites for hydroxylation is 1. The van der Waals surface area contributed by atoms with Gasteiger partial charge in [0.05, 0.1) is 13.7 Å². The van der Waals surface area contributed by atoms with Crippen molar-refractivity contribution in [2.75, 3.05) is 20.3 Å². The van der Waals surface area contributed by atoms with E-state index in [-0.39, 0.29) is 19.0 Å². The topological polar surface area (TPSA) is 111 Å². The summed E-state index contributed by atoms with van der Waals surface area (Å²) in [5.41, 5.74) is 0. The van der Waals surface area contributed by atoms with E-state index in [2.05, 4.69) is 15.2 Å². The third-order valence-electron chi connectivity index (χ3n) is 1.92. The summed E-state index contributed by atoms with van der Waals surface area (Å²) in [6.07, 6.45) is -1.40. The summed E-state index contributed by atoms with van der Waals surface area (Å²) in [4.78, 5) is 22.1. The van der Waals surface area contributed by atoms with Gasteiger partial charge in [0.2, 0.25) is 0 Å². The minimum atomic E-state index is -1.40. The van der Waals surface area contributed by atoms with Gasteiger partial charge >= 0.3 is 5.97 Å². The molecule has 2 N–H and O–H groups in total. The van der Waals surface area contributed by atoms with E-state index in [1.807, 2.05) is 0 Å². The largest absolute Gasteiger partial charge is 0.467 e. The number of methoxy groups -OCH3 is 1. The third-order valence-corrected chi connectivity index (χ3v) is 1.92. The predicted molar refractivity (Wildman–Crippen MR) is 57.8 cm³/mol. The molecule has 0 saturated carbocycles. The van der Waals surface area contributed by atoms with Crippen LogP contribution in [0.5, 0.6) is 5.88 Å². The molecule has 8 nitrogen and oxygen atoms in total. The monoisotopic (exact) mass is 258 g/mol. The second-order valence-electron chi connectivity index (χ2n) is 3.41. The van der Waals surface area contributed by atoms with Gasteiger partial charge in [0.25, 0.3) is 11.8 Å². The zero-order chi connectivity index (χ0) is 13.5. The van der Waals surface area contributed by atoms with Crippen molar-refractivity contribution in [3.05, 3.63) is 11.8 Å². The van der Waals surface area contributed by atoms with Crippen molar-refractivity contribution in [1.82, 2.24) is 10.5 Å². The van der Waals surface area contributed by atoms with Crippen molar-refractivity contribution < 1.29 is 28.7 Å². The van der Waals surface area contributed by atoms with E-state index >= 15 is 0 Å². The molecule has 0 aliphatic rings. The van der Waals surface area contributed by atoms with Crippen LogP contribution in [0.15, 0.2) is 10.6 Å². The Morgan fingerprint density at radius 1 is 1.61 bits per heavy atom. The number of aromatic nitrogens is 1. The van der Waals surface area contributed by atoms with Crippen LogP contribution in [0.4, 0.5) is 0 Å². The van der Waals surface area contributed by atoms with Gasteiger partial charge in [0.15, 0.2) is 12.7 Å².